The highest BCUT2D eigenvalue weighted by molar-refractivity contribution is 5.76. The Kier molecular flexibility index (Phi) is 6.40. The van der Waals surface area contributed by atoms with Crippen molar-refractivity contribution in [2.75, 3.05) is 6.61 Å². The van der Waals surface area contributed by atoms with E-state index in [1.54, 1.807) is 0 Å². The van der Waals surface area contributed by atoms with Crippen LogP contribution in [0.3, 0.4) is 0 Å². The maximum absolute atomic E-state index is 10.9. The molecule has 0 unspecified atom stereocenters. The molecule has 34 heavy (non-hydrogen) atoms. The monoisotopic (exact) mass is 454 g/mol. The van der Waals surface area contributed by atoms with Crippen molar-refractivity contribution < 1.29 is 19.1 Å². The molecule has 5 rings (SSSR count). The minimum Gasteiger partial charge on any atom is -0.482 e. The van der Waals surface area contributed by atoms with Crippen molar-refractivity contribution in [3.63, 3.8) is 0 Å². The number of benzene rings is 3. The number of carbonyl (C=O) groups is 1. The summed E-state index contributed by atoms with van der Waals surface area (Å²) < 4.78 is 11.8. The van der Waals surface area contributed by atoms with Gasteiger partial charge in [-0.3, -0.25) is 0 Å². The Hall–Kier alpha value is -3.90. The fourth-order valence-corrected chi connectivity index (χ4v) is 4.53. The number of aliphatic carboxylic acids is 1. The molecule has 0 aliphatic heterocycles. The largest absolute Gasteiger partial charge is 0.482 e. The third-order valence-electron chi connectivity index (χ3n) is 6.07. The van der Waals surface area contributed by atoms with Gasteiger partial charge in [-0.15, -0.1) is 0 Å². The molecule has 6 nitrogen and oxygen atoms in total. The summed E-state index contributed by atoms with van der Waals surface area (Å²) in [5, 5.41) is 12.6. The third kappa shape index (κ3) is 4.72. The molecule has 6 heteroatoms. The van der Waals surface area contributed by atoms with Gasteiger partial charge in [-0.25, -0.2) is 9.78 Å². The number of rotatable bonds is 8. The fourth-order valence-electron chi connectivity index (χ4n) is 4.53. The number of hydrogen-bond donors (Lipinski definition) is 2. The Morgan fingerprint density at radius 1 is 1.00 bits per heavy atom. The van der Waals surface area contributed by atoms with Crippen LogP contribution in [0.4, 0.5) is 0 Å². The van der Waals surface area contributed by atoms with Crippen LogP contribution in [-0.2, 0) is 17.8 Å². The number of nitrogens with zero attached hydrogens (tertiary/aromatic N) is 1. The van der Waals surface area contributed by atoms with Gasteiger partial charge in [0.05, 0.1) is 6.54 Å². The molecule has 1 aromatic heterocycles. The highest BCUT2D eigenvalue weighted by Gasteiger charge is 2.24. The summed E-state index contributed by atoms with van der Waals surface area (Å²) >= 11 is 0. The summed E-state index contributed by atoms with van der Waals surface area (Å²) in [6.45, 7) is 0.145. The van der Waals surface area contributed by atoms with E-state index in [9.17, 15) is 4.79 Å². The molecule has 172 valence electrons. The molecule has 3 aromatic carbocycles. The van der Waals surface area contributed by atoms with Gasteiger partial charge in [0.2, 0.25) is 5.89 Å². The SMILES string of the molecule is O=C(O)COc1cccc2c1CCC[C@@H]2NCc1nc(-c2ccccc2)c(-c2ccccc2)o1. The summed E-state index contributed by atoms with van der Waals surface area (Å²) in [5.74, 6) is 1.07. The second kappa shape index (κ2) is 9.93. The first kappa shape index (κ1) is 21.9. The molecule has 0 radical (unpaired) electrons. The van der Waals surface area contributed by atoms with E-state index < -0.39 is 5.97 Å². The minimum atomic E-state index is -0.976. The lowest BCUT2D eigenvalue weighted by Gasteiger charge is -2.27. The van der Waals surface area contributed by atoms with Crippen LogP contribution in [0.25, 0.3) is 22.6 Å². The maximum Gasteiger partial charge on any atom is 0.341 e. The van der Waals surface area contributed by atoms with Gasteiger partial charge in [-0.1, -0.05) is 72.8 Å². The van der Waals surface area contributed by atoms with Crippen molar-refractivity contribution in [1.29, 1.82) is 0 Å². The normalized spacial score (nSPS) is 15.0. The molecule has 1 aliphatic rings. The lowest BCUT2D eigenvalue weighted by atomic mass is 9.87. The van der Waals surface area contributed by atoms with Crippen LogP contribution in [0.2, 0.25) is 0 Å². The predicted molar refractivity (Wildman–Crippen MR) is 129 cm³/mol. The van der Waals surface area contributed by atoms with Crippen molar-refractivity contribution in [3.8, 4) is 28.3 Å². The van der Waals surface area contributed by atoms with Gasteiger partial charge in [0.1, 0.15) is 11.4 Å². The summed E-state index contributed by atoms with van der Waals surface area (Å²) in [6, 6.07) is 26.1. The number of ether oxygens (including phenoxy) is 1. The van der Waals surface area contributed by atoms with E-state index >= 15 is 0 Å². The predicted octanol–water partition coefficient (Wildman–Crippen LogP) is 5.64. The summed E-state index contributed by atoms with van der Waals surface area (Å²) in [7, 11) is 0. The standard InChI is InChI=1S/C28H26N2O4/c31-26(32)18-33-24-16-8-13-21-22(24)14-7-15-23(21)29-17-25-30-27(19-9-3-1-4-10-19)28(34-25)20-11-5-2-6-12-20/h1-6,8-13,16,23,29H,7,14-15,17-18H2,(H,31,32)/t23-/m0/s1. The quantitative estimate of drug-likeness (QED) is 0.358. The van der Waals surface area contributed by atoms with E-state index in [-0.39, 0.29) is 12.6 Å². The average molecular weight is 455 g/mol. The Morgan fingerprint density at radius 2 is 1.74 bits per heavy atom. The second-order valence-corrected chi connectivity index (χ2v) is 8.35. The van der Waals surface area contributed by atoms with Gasteiger partial charge in [0.15, 0.2) is 12.4 Å². The van der Waals surface area contributed by atoms with E-state index in [1.165, 1.54) is 0 Å². The van der Waals surface area contributed by atoms with Crippen LogP contribution in [0, 0.1) is 0 Å². The Balaban J connectivity index is 1.39. The Morgan fingerprint density at radius 3 is 2.47 bits per heavy atom. The van der Waals surface area contributed by atoms with Gasteiger partial charge in [-0.05, 0) is 36.5 Å². The molecular formula is C28H26N2O4. The molecule has 2 N–H and O–H groups in total. The molecule has 0 bridgehead atoms. The van der Waals surface area contributed by atoms with Gasteiger partial charge in [-0.2, -0.15) is 0 Å². The molecule has 1 aliphatic carbocycles. The number of carboxylic acids is 1. The molecule has 1 heterocycles. The number of hydrogen-bond acceptors (Lipinski definition) is 5. The fraction of sp³-hybridized carbons (Fsp3) is 0.214. The maximum atomic E-state index is 10.9. The third-order valence-corrected chi connectivity index (χ3v) is 6.07. The van der Waals surface area contributed by atoms with Crippen molar-refractivity contribution in [2.45, 2.75) is 31.8 Å². The van der Waals surface area contributed by atoms with Crippen molar-refractivity contribution in [2.24, 2.45) is 0 Å². The molecule has 0 amide bonds. The van der Waals surface area contributed by atoms with E-state index in [0.29, 0.717) is 18.2 Å². The van der Waals surface area contributed by atoms with Crippen LogP contribution in [0.5, 0.6) is 5.75 Å². The van der Waals surface area contributed by atoms with Crippen molar-refractivity contribution in [3.05, 3.63) is 95.9 Å². The lowest BCUT2D eigenvalue weighted by molar-refractivity contribution is -0.139. The van der Waals surface area contributed by atoms with E-state index in [1.807, 2.05) is 72.8 Å². The second-order valence-electron chi connectivity index (χ2n) is 8.35. The van der Waals surface area contributed by atoms with Gasteiger partial charge in [0.25, 0.3) is 0 Å². The van der Waals surface area contributed by atoms with Crippen LogP contribution in [0.15, 0.2) is 83.3 Å². The number of aromatic nitrogens is 1. The molecule has 0 fully saturated rings. The average Bonchev–Trinajstić information content (AvgIpc) is 3.31. The molecule has 0 spiro atoms. The zero-order valence-electron chi connectivity index (χ0n) is 18.7. The zero-order valence-corrected chi connectivity index (χ0v) is 18.7. The first-order valence-corrected chi connectivity index (χ1v) is 11.5. The zero-order chi connectivity index (χ0) is 23.3. The van der Waals surface area contributed by atoms with Gasteiger partial charge in [0, 0.05) is 17.2 Å². The van der Waals surface area contributed by atoms with Crippen molar-refractivity contribution in [1.82, 2.24) is 10.3 Å². The van der Waals surface area contributed by atoms with Gasteiger partial charge >= 0.3 is 5.97 Å². The van der Waals surface area contributed by atoms with Gasteiger partial charge < -0.3 is 19.6 Å². The van der Waals surface area contributed by atoms with Crippen molar-refractivity contribution >= 4 is 5.97 Å². The van der Waals surface area contributed by atoms with E-state index in [0.717, 1.165) is 53.0 Å². The smallest absolute Gasteiger partial charge is 0.341 e. The lowest BCUT2D eigenvalue weighted by Crippen LogP contribution is -2.25. The van der Waals surface area contributed by atoms with Crippen LogP contribution in [-0.4, -0.2) is 22.7 Å². The first-order valence-electron chi connectivity index (χ1n) is 11.5. The molecule has 0 saturated carbocycles. The van der Waals surface area contributed by atoms with E-state index in [2.05, 4.69) is 11.4 Å². The Labute approximate surface area is 198 Å². The number of nitrogens with one attached hydrogen (secondary N) is 1. The topological polar surface area (TPSA) is 84.6 Å². The number of oxazole rings is 1. The molecule has 4 aromatic rings. The Bertz CT molecular complexity index is 1210. The molecule has 0 saturated heterocycles. The number of fused-ring (bicyclic) bond motifs is 1. The highest BCUT2D eigenvalue weighted by atomic mass is 16.5. The molecular weight excluding hydrogens is 428 g/mol. The summed E-state index contributed by atoms with van der Waals surface area (Å²) in [6.07, 6.45) is 2.85. The summed E-state index contributed by atoms with van der Waals surface area (Å²) in [4.78, 5) is 15.8. The highest BCUT2D eigenvalue weighted by Crippen LogP contribution is 2.36. The molecule has 1 atom stereocenters. The number of carboxylic acid groups (broad SMARTS) is 1. The van der Waals surface area contributed by atoms with E-state index in [4.69, 9.17) is 19.2 Å². The van der Waals surface area contributed by atoms with Crippen LogP contribution >= 0.6 is 0 Å². The van der Waals surface area contributed by atoms with Crippen LogP contribution in [0.1, 0.15) is 35.9 Å². The first-order chi connectivity index (χ1) is 16.7. The summed E-state index contributed by atoms with van der Waals surface area (Å²) in [5.41, 5.74) is 5.06. The minimum absolute atomic E-state index is 0.115. The van der Waals surface area contributed by atoms with Crippen LogP contribution < -0.4 is 10.1 Å².